The van der Waals surface area contributed by atoms with Gasteiger partial charge in [-0.2, -0.15) is 0 Å². The van der Waals surface area contributed by atoms with E-state index in [0.29, 0.717) is 6.54 Å². The Labute approximate surface area is 165 Å². The standard InChI is InChI=1S/C20H19N5O2S/c21-18(27)17-14-9-13(15-7-4-8-16(26)25(15)17)10-24(11-14)20-23-22-19(28-20)12-5-2-1-3-6-12/h1-8,13-14,17H,9-11H2,(H2,21,27)/t13-,14+,17+/m0/s1. The first-order valence-corrected chi connectivity index (χ1v) is 10.1. The van der Waals surface area contributed by atoms with Crippen molar-refractivity contribution in [1.82, 2.24) is 14.8 Å². The highest BCUT2D eigenvalue weighted by Gasteiger charge is 2.43. The topological polar surface area (TPSA) is 94.1 Å². The van der Waals surface area contributed by atoms with Gasteiger partial charge < -0.3 is 10.6 Å². The Kier molecular flexibility index (Phi) is 4.01. The van der Waals surface area contributed by atoms with Gasteiger partial charge >= 0.3 is 0 Å². The van der Waals surface area contributed by atoms with Crippen molar-refractivity contribution in [2.45, 2.75) is 18.4 Å². The number of pyridine rings is 1. The number of hydrogen-bond acceptors (Lipinski definition) is 6. The van der Waals surface area contributed by atoms with Crippen LogP contribution in [-0.4, -0.2) is 33.8 Å². The Morgan fingerprint density at radius 3 is 2.68 bits per heavy atom. The fourth-order valence-electron chi connectivity index (χ4n) is 4.50. The summed E-state index contributed by atoms with van der Waals surface area (Å²) in [5.41, 5.74) is 7.46. The molecule has 7 nitrogen and oxygen atoms in total. The Balaban J connectivity index is 1.51. The number of amides is 1. The van der Waals surface area contributed by atoms with E-state index in [1.807, 2.05) is 36.4 Å². The van der Waals surface area contributed by atoms with Crippen LogP contribution in [0.3, 0.4) is 0 Å². The summed E-state index contributed by atoms with van der Waals surface area (Å²) in [7, 11) is 0. The summed E-state index contributed by atoms with van der Waals surface area (Å²) in [6.07, 6.45) is 0.845. The van der Waals surface area contributed by atoms with Crippen LogP contribution in [0.25, 0.3) is 10.6 Å². The monoisotopic (exact) mass is 393 g/mol. The first kappa shape index (κ1) is 17.1. The molecule has 0 spiro atoms. The summed E-state index contributed by atoms with van der Waals surface area (Å²) in [5.74, 6) is -0.317. The van der Waals surface area contributed by atoms with E-state index in [-0.39, 0.29) is 17.4 Å². The van der Waals surface area contributed by atoms with Gasteiger partial charge in [0.1, 0.15) is 11.0 Å². The van der Waals surface area contributed by atoms with Crippen molar-refractivity contribution in [3.05, 3.63) is 64.6 Å². The average Bonchev–Trinajstić information content (AvgIpc) is 3.19. The van der Waals surface area contributed by atoms with Crippen molar-refractivity contribution in [3.8, 4) is 10.6 Å². The second-order valence-corrected chi connectivity index (χ2v) is 8.32. The molecule has 2 bridgehead atoms. The molecule has 1 amide bonds. The van der Waals surface area contributed by atoms with Crippen LogP contribution < -0.4 is 16.2 Å². The van der Waals surface area contributed by atoms with Crippen LogP contribution in [0.1, 0.15) is 24.1 Å². The minimum absolute atomic E-state index is 0.0204. The molecule has 142 valence electrons. The first-order chi connectivity index (χ1) is 13.6. The van der Waals surface area contributed by atoms with Gasteiger partial charge in [-0.25, -0.2) is 0 Å². The van der Waals surface area contributed by atoms with Crippen LogP contribution in [0.2, 0.25) is 0 Å². The zero-order valence-corrected chi connectivity index (χ0v) is 15.9. The molecule has 0 unspecified atom stereocenters. The normalized spacial score (nSPS) is 23.3. The average molecular weight is 393 g/mol. The van der Waals surface area contributed by atoms with E-state index >= 15 is 0 Å². The summed E-state index contributed by atoms with van der Waals surface area (Å²) < 4.78 is 1.61. The van der Waals surface area contributed by atoms with Gasteiger partial charge in [-0.3, -0.25) is 14.2 Å². The number of hydrogen-bond donors (Lipinski definition) is 1. The van der Waals surface area contributed by atoms with Crippen LogP contribution in [0.5, 0.6) is 0 Å². The van der Waals surface area contributed by atoms with E-state index in [1.54, 1.807) is 22.0 Å². The molecular weight excluding hydrogens is 374 g/mol. The Morgan fingerprint density at radius 2 is 1.89 bits per heavy atom. The van der Waals surface area contributed by atoms with Crippen LogP contribution in [-0.2, 0) is 4.79 Å². The number of anilines is 1. The highest BCUT2D eigenvalue weighted by atomic mass is 32.1. The lowest BCUT2D eigenvalue weighted by atomic mass is 9.78. The lowest BCUT2D eigenvalue weighted by molar-refractivity contribution is -0.123. The number of nitrogens with two attached hydrogens (primary N) is 1. The third kappa shape index (κ3) is 2.72. The predicted octanol–water partition coefficient (Wildman–Crippen LogP) is 2.02. The molecule has 0 saturated carbocycles. The van der Waals surface area contributed by atoms with Crippen LogP contribution in [0.15, 0.2) is 53.3 Å². The van der Waals surface area contributed by atoms with Gasteiger partial charge in [-0.1, -0.05) is 47.7 Å². The van der Waals surface area contributed by atoms with E-state index in [9.17, 15) is 9.59 Å². The quantitative estimate of drug-likeness (QED) is 0.735. The number of nitrogens with zero attached hydrogens (tertiary/aromatic N) is 4. The van der Waals surface area contributed by atoms with E-state index in [2.05, 4.69) is 15.1 Å². The van der Waals surface area contributed by atoms with Crippen LogP contribution in [0.4, 0.5) is 5.13 Å². The van der Waals surface area contributed by atoms with Crippen molar-refractivity contribution < 1.29 is 4.79 Å². The van der Waals surface area contributed by atoms with Gasteiger partial charge in [0.25, 0.3) is 5.56 Å². The predicted molar refractivity (Wildman–Crippen MR) is 107 cm³/mol. The molecule has 1 aromatic carbocycles. The van der Waals surface area contributed by atoms with Gasteiger partial charge in [-0.05, 0) is 12.5 Å². The number of benzene rings is 1. The number of fused-ring (bicyclic) bond motifs is 4. The van der Waals surface area contributed by atoms with Crippen molar-refractivity contribution in [2.75, 3.05) is 18.0 Å². The maximum atomic E-state index is 12.4. The molecule has 0 aliphatic carbocycles. The minimum atomic E-state index is -0.621. The third-order valence-electron chi connectivity index (χ3n) is 5.64. The van der Waals surface area contributed by atoms with Crippen molar-refractivity contribution in [3.63, 3.8) is 0 Å². The van der Waals surface area contributed by atoms with E-state index < -0.39 is 11.9 Å². The minimum Gasteiger partial charge on any atom is -0.368 e. The van der Waals surface area contributed by atoms with Crippen molar-refractivity contribution in [1.29, 1.82) is 0 Å². The molecule has 2 aliphatic heterocycles. The highest BCUT2D eigenvalue weighted by molar-refractivity contribution is 7.18. The summed E-state index contributed by atoms with van der Waals surface area (Å²) in [6, 6.07) is 14.5. The van der Waals surface area contributed by atoms with E-state index in [0.717, 1.165) is 34.4 Å². The Bertz CT molecular complexity index is 1090. The Morgan fingerprint density at radius 1 is 1.07 bits per heavy atom. The van der Waals surface area contributed by atoms with E-state index in [4.69, 9.17) is 5.73 Å². The first-order valence-electron chi connectivity index (χ1n) is 9.26. The highest BCUT2D eigenvalue weighted by Crippen LogP contribution is 2.43. The van der Waals surface area contributed by atoms with Gasteiger partial charge in [0.05, 0.1) is 0 Å². The number of aromatic nitrogens is 3. The zero-order chi connectivity index (χ0) is 19.3. The SMILES string of the molecule is NC(=O)[C@H]1[C@@H]2C[C@@H](CN(c3nnc(-c4ccccc4)s3)C2)c2cccc(=O)n21. The lowest BCUT2D eigenvalue weighted by Crippen LogP contribution is -2.52. The second-order valence-electron chi connectivity index (χ2n) is 7.36. The van der Waals surface area contributed by atoms with Gasteiger partial charge in [0.2, 0.25) is 11.0 Å². The number of primary amides is 1. The molecule has 2 N–H and O–H groups in total. The number of piperidine rings is 1. The molecule has 1 saturated heterocycles. The summed E-state index contributed by atoms with van der Waals surface area (Å²) in [5, 5.41) is 10.5. The molecule has 3 aromatic rings. The molecule has 5 rings (SSSR count). The molecule has 8 heteroatoms. The van der Waals surface area contributed by atoms with Crippen LogP contribution >= 0.6 is 11.3 Å². The molecule has 3 atom stereocenters. The number of rotatable bonds is 3. The summed E-state index contributed by atoms with van der Waals surface area (Å²) >= 11 is 1.54. The third-order valence-corrected chi connectivity index (χ3v) is 6.68. The van der Waals surface area contributed by atoms with Gasteiger partial charge in [-0.15, -0.1) is 10.2 Å². The summed E-state index contributed by atoms with van der Waals surface area (Å²) in [4.78, 5) is 26.8. The van der Waals surface area contributed by atoms with Crippen LogP contribution in [0, 0.1) is 5.92 Å². The van der Waals surface area contributed by atoms with E-state index in [1.165, 1.54) is 6.07 Å². The molecule has 2 aliphatic rings. The molecule has 0 radical (unpaired) electrons. The molecule has 2 aromatic heterocycles. The smallest absolute Gasteiger partial charge is 0.251 e. The maximum absolute atomic E-state index is 12.4. The fraction of sp³-hybridized carbons (Fsp3) is 0.300. The fourth-order valence-corrected chi connectivity index (χ4v) is 5.36. The maximum Gasteiger partial charge on any atom is 0.251 e. The zero-order valence-electron chi connectivity index (χ0n) is 15.1. The van der Waals surface area contributed by atoms with Gasteiger partial charge in [0.15, 0.2) is 0 Å². The molecule has 4 heterocycles. The van der Waals surface area contributed by atoms with Crippen molar-refractivity contribution in [2.24, 2.45) is 11.7 Å². The largest absolute Gasteiger partial charge is 0.368 e. The Hall–Kier alpha value is -3.00. The van der Waals surface area contributed by atoms with Gasteiger partial charge in [0, 0.05) is 42.2 Å². The number of carbonyl (C=O) groups is 1. The lowest BCUT2D eigenvalue weighted by Gasteiger charge is -2.45. The molecule has 1 fully saturated rings. The van der Waals surface area contributed by atoms with Crippen molar-refractivity contribution >= 4 is 22.4 Å². The second kappa shape index (κ2) is 6.56. The summed E-state index contributed by atoms with van der Waals surface area (Å²) in [6.45, 7) is 1.38. The molecule has 28 heavy (non-hydrogen) atoms. The number of carbonyl (C=O) groups excluding carboxylic acids is 1. The molecular formula is C20H19N5O2S.